The maximum absolute atomic E-state index is 5.46. The summed E-state index contributed by atoms with van der Waals surface area (Å²) < 4.78 is 2.91. The van der Waals surface area contributed by atoms with Gasteiger partial charge in [0.15, 0.2) is 10.6 Å². The summed E-state index contributed by atoms with van der Waals surface area (Å²) in [4.78, 5) is 4.19. The fourth-order valence-corrected chi connectivity index (χ4v) is 3.74. The van der Waals surface area contributed by atoms with Gasteiger partial charge in [0.2, 0.25) is 0 Å². The molecule has 1 saturated carbocycles. The minimum absolute atomic E-state index is 0.440. The van der Waals surface area contributed by atoms with Gasteiger partial charge in [-0.25, -0.2) is 0 Å². The molecule has 0 amide bonds. The Hall–Kier alpha value is -1.49. The molecule has 0 spiro atoms. The lowest BCUT2D eigenvalue weighted by Crippen LogP contribution is -2.23. The Labute approximate surface area is 124 Å². The van der Waals surface area contributed by atoms with E-state index in [-0.39, 0.29) is 0 Å². The molecule has 1 fully saturated rings. The van der Waals surface area contributed by atoms with Gasteiger partial charge in [-0.05, 0) is 55.4 Å². The largest absolute Gasteiger partial charge is 0.297 e. The van der Waals surface area contributed by atoms with E-state index in [0.29, 0.717) is 6.04 Å². The molecule has 1 N–H and O–H groups in total. The van der Waals surface area contributed by atoms with Crippen molar-refractivity contribution in [3.05, 3.63) is 29.3 Å². The standard InChI is InChI=1S/C15H20N4S/c1-10-6-11(2)8-13(7-10)19-14(17-18-15(19)20)12-4-3-5-16-9-12/h3-5,9-11,13H,6-8H2,1-2H3,(H,18,20). The molecular weight excluding hydrogens is 268 g/mol. The van der Waals surface area contributed by atoms with E-state index in [1.54, 1.807) is 6.20 Å². The van der Waals surface area contributed by atoms with Gasteiger partial charge in [0, 0.05) is 24.0 Å². The molecular formula is C15H20N4S. The molecule has 2 unspecified atom stereocenters. The van der Waals surface area contributed by atoms with E-state index in [1.165, 1.54) is 19.3 Å². The fourth-order valence-electron chi connectivity index (χ4n) is 3.46. The van der Waals surface area contributed by atoms with Gasteiger partial charge in [-0.1, -0.05) is 13.8 Å². The van der Waals surface area contributed by atoms with Crippen molar-refractivity contribution in [2.45, 2.75) is 39.2 Å². The Morgan fingerprint density at radius 2 is 2.00 bits per heavy atom. The highest BCUT2D eigenvalue weighted by atomic mass is 32.1. The number of rotatable bonds is 2. The van der Waals surface area contributed by atoms with Crippen molar-refractivity contribution in [1.82, 2.24) is 19.7 Å². The molecule has 2 aromatic heterocycles. The summed E-state index contributed by atoms with van der Waals surface area (Å²) in [6.07, 6.45) is 7.28. The first-order valence-corrected chi connectivity index (χ1v) is 7.63. The summed E-state index contributed by atoms with van der Waals surface area (Å²) in [5.41, 5.74) is 1.02. The highest BCUT2D eigenvalue weighted by molar-refractivity contribution is 7.71. The lowest BCUT2D eigenvalue weighted by molar-refractivity contribution is 0.221. The molecule has 0 radical (unpaired) electrons. The zero-order valence-electron chi connectivity index (χ0n) is 11.9. The van der Waals surface area contributed by atoms with Crippen LogP contribution >= 0.6 is 12.2 Å². The quantitative estimate of drug-likeness (QED) is 0.850. The predicted molar refractivity (Wildman–Crippen MR) is 81.9 cm³/mol. The van der Waals surface area contributed by atoms with Gasteiger partial charge in [-0.2, -0.15) is 5.10 Å². The van der Waals surface area contributed by atoms with Crippen LogP contribution in [0.25, 0.3) is 11.4 Å². The maximum Gasteiger partial charge on any atom is 0.195 e. The molecule has 3 rings (SSSR count). The molecule has 2 atom stereocenters. The first-order chi connectivity index (χ1) is 9.65. The molecule has 2 heterocycles. The molecule has 1 aliphatic rings. The van der Waals surface area contributed by atoms with Crippen molar-refractivity contribution >= 4 is 12.2 Å². The van der Waals surface area contributed by atoms with Crippen LogP contribution in [0.4, 0.5) is 0 Å². The second kappa shape index (κ2) is 5.48. The first kappa shape index (κ1) is 13.5. The van der Waals surface area contributed by atoms with Gasteiger partial charge in [-0.3, -0.25) is 14.6 Å². The van der Waals surface area contributed by atoms with Crippen LogP contribution in [0, 0.1) is 16.6 Å². The highest BCUT2D eigenvalue weighted by Crippen LogP contribution is 2.37. The summed E-state index contributed by atoms with van der Waals surface area (Å²) in [6.45, 7) is 4.66. The van der Waals surface area contributed by atoms with Crippen LogP contribution < -0.4 is 0 Å². The minimum Gasteiger partial charge on any atom is -0.297 e. The Balaban J connectivity index is 2.01. The van der Waals surface area contributed by atoms with Gasteiger partial charge in [0.05, 0.1) is 0 Å². The van der Waals surface area contributed by atoms with Gasteiger partial charge < -0.3 is 0 Å². The van der Waals surface area contributed by atoms with E-state index in [0.717, 1.165) is 28.0 Å². The minimum atomic E-state index is 0.440. The van der Waals surface area contributed by atoms with Crippen LogP contribution in [-0.4, -0.2) is 19.7 Å². The van der Waals surface area contributed by atoms with Crippen molar-refractivity contribution in [1.29, 1.82) is 0 Å². The number of hydrogen-bond donors (Lipinski definition) is 1. The van der Waals surface area contributed by atoms with Crippen molar-refractivity contribution in [3.8, 4) is 11.4 Å². The highest BCUT2D eigenvalue weighted by Gasteiger charge is 2.27. The van der Waals surface area contributed by atoms with Crippen LogP contribution in [0.2, 0.25) is 0 Å². The summed E-state index contributed by atoms with van der Waals surface area (Å²) in [5, 5.41) is 7.37. The van der Waals surface area contributed by atoms with Crippen molar-refractivity contribution in [2.75, 3.05) is 0 Å². The molecule has 0 saturated heterocycles. The number of nitrogens with zero attached hydrogens (tertiary/aromatic N) is 3. The Morgan fingerprint density at radius 3 is 2.65 bits per heavy atom. The predicted octanol–water partition coefficient (Wildman–Crippen LogP) is 4.00. The van der Waals surface area contributed by atoms with Crippen LogP contribution in [0.5, 0.6) is 0 Å². The third-order valence-electron chi connectivity index (χ3n) is 4.14. The molecule has 106 valence electrons. The molecule has 20 heavy (non-hydrogen) atoms. The molecule has 2 aromatic rings. The van der Waals surface area contributed by atoms with Crippen LogP contribution in [0.1, 0.15) is 39.2 Å². The summed E-state index contributed by atoms with van der Waals surface area (Å²) in [7, 11) is 0. The van der Waals surface area contributed by atoms with E-state index < -0.39 is 0 Å². The Bertz CT molecular complexity index is 621. The molecule has 0 aliphatic heterocycles. The first-order valence-electron chi connectivity index (χ1n) is 7.22. The molecule has 5 heteroatoms. The van der Waals surface area contributed by atoms with E-state index in [9.17, 15) is 0 Å². The van der Waals surface area contributed by atoms with E-state index in [2.05, 4.69) is 33.6 Å². The number of aromatic amines is 1. The number of hydrogen-bond acceptors (Lipinski definition) is 3. The lowest BCUT2D eigenvalue weighted by Gasteiger charge is -2.32. The molecule has 0 aromatic carbocycles. The van der Waals surface area contributed by atoms with Crippen LogP contribution in [0.15, 0.2) is 24.5 Å². The summed E-state index contributed by atoms with van der Waals surface area (Å²) in [6, 6.07) is 4.41. The van der Waals surface area contributed by atoms with Crippen molar-refractivity contribution in [3.63, 3.8) is 0 Å². The van der Waals surface area contributed by atoms with Crippen LogP contribution in [0.3, 0.4) is 0 Å². The van der Waals surface area contributed by atoms with E-state index in [1.807, 2.05) is 18.3 Å². The lowest BCUT2D eigenvalue weighted by atomic mass is 9.80. The third kappa shape index (κ3) is 2.54. The topological polar surface area (TPSA) is 46.5 Å². The second-order valence-electron chi connectivity index (χ2n) is 6.04. The number of H-pyrrole nitrogens is 1. The molecule has 0 bridgehead atoms. The molecule has 4 nitrogen and oxygen atoms in total. The smallest absolute Gasteiger partial charge is 0.195 e. The number of pyridine rings is 1. The Morgan fingerprint density at radius 1 is 1.25 bits per heavy atom. The summed E-state index contributed by atoms with van der Waals surface area (Å²) >= 11 is 5.46. The second-order valence-corrected chi connectivity index (χ2v) is 6.42. The van der Waals surface area contributed by atoms with Gasteiger partial charge in [-0.15, -0.1) is 0 Å². The zero-order valence-corrected chi connectivity index (χ0v) is 12.7. The molecule has 1 aliphatic carbocycles. The number of aromatic nitrogens is 4. The van der Waals surface area contributed by atoms with Crippen LogP contribution in [-0.2, 0) is 0 Å². The van der Waals surface area contributed by atoms with Crippen molar-refractivity contribution < 1.29 is 0 Å². The average molecular weight is 288 g/mol. The number of nitrogens with one attached hydrogen (secondary N) is 1. The SMILES string of the molecule is CC1CC(C)CC(n2c(-c3cccnc3)n[nH]c2=S)C1. The van der Waals surface area contributed by atoms with Crippen molar-refractivity contribution in [2.24, 2.45) is 11.8 Å². The van der Waals surface area contributed by atoms with E-state index in [4.69, 9.17) is 12.2 Å². The van der Waals surface area contributed by atoms with Gasteiger partial charge in [0.1, 0.15) is 0 Å². The maximum atomic E-state index is 5.46. The Kier molecular flexibility index (Phi) is 3.70. The fraction of sp³-hybridized carbons (Fsp3) is 0.533. The van der Waals surface area contributed by atoms with E-state index >= 15 is 0 Å². The van der Waals surface area contributed by atoms with Gasteiger partial charge in [0.25, 0.3) is 0 Å². The average Bonchev–Trinajstić information content (AvgIpc) is 2.80. The zero-order chi connectivity index (χ0) is 14.1. The summed E-state index contributed by atoms with van der Waals surface area (Å²) in [5.74, 6) is 2.39. The normalized spacial score (nSPS) is 26.6. The third-order valence-corrected chi connectivity index (χ3v) is 4.43. The van der Waals surface area contributed by atoms with Gasteiger partial charge >= 0.3 is 0 Å². The monoisotopic (exact) mass is 288 g/mol.